The number of fused-ring (bicyclic) bond motifs is 2. The predicted molar refractivity (Wildman–Crippen MR) is 80.7 cm³/mol. The van der Waals surface area contributed by atoms with Crippen LogP contribution in [0, 0.1) is 5.95 Å². The van der Waals surface area contributed by atoms with Gasteiger partial charge >= 0.3 is 6.29 Å². The molecule has 2 aliphatic rings. The van der Waals surface area contributed by atoms with Crippen molar-refractivity contribution in [1.29, 1.82) is 0 Å². The van der Waals surface area contributed by atoms with Crippen molar-refractivity contribution in [2.75, 3.05) is 0 Å². The molecule has 3 heterocycles. The maximum atomic E-state index is 13.7. The van der Waals surface area contributed by atoms with Crippen molar-refractivity contribution in [2.24, 2.45) is 0 Å². The molecular formula is C16H9ClF3N3O2. The highest BCUT2D eigenvalue weighted by Gasteiger charge is 2.46. The molecule has 2 aromatic heterocycles. The Morgan fingerprint density at radius 2 is 1.96 bits per heavy atom. The van der Waals surface area contributed by atoms with Gasteiger partial charge in [-0.1, -0.05) is 17.7 Å². The van der Waals surface area contributed by atoms with Gasteiger partial charge in [-0.15, -0.1) is 8.78 Å². The molecule has 0 N–H and O–H groups in total. The summed E-state index contributed by atoms with van der Waals surface area (Å²) in [5.74, 6) is -0.453. The summed E-state index contributed by atoms with van der Waals surface area (Å²) in [6.45, 7) is 0. The SMILES string of the molecule is Fc1cnc2c([C@H]3C[C@@H]3c3ccc4c(c3)OC(F)(F)O4)cc(Cl)nn12. The Morgan fingerprint density at radius 3 is 2.80 bits per heavy atom. The van der Waals surface area contributed by atoms with E-state index in [-0.39, 0.29) is 28.5 Å². The minimum absolute atomic E-state index is 0.00984. The van der Waals surface area contributed by atoms with Crippen molar-refractivity contribution < 1.29 is 22.6 Å². The molecule has 0 saturated heterocycles. The van der Waals surface area contributed by atoms with Crippen LogP contribution in [0.25, 0.3) is 5.65 Å². The Balaban J connectivity index is 1.49. The van der Waals surface area contributed by atoms with Gasteiger partial charge in [0.25, 0.3) is 0 Å². The Kier molecular flexibility index (Phi) is 2.84. The molecule has 2 atom stereocenters. The first-order valence-corrected chi connectivity index (χ1v) is 7.88. The van der Waals surface area contributed by atoms with Crippen molar-refractivity contribution in [1.82, 2.24) is 14.6 Å². The molecule has 0 spiro atoms. The zero-order chi connectivity index (χ0) is 17.3. The quantitative estimate of drug-likeness (QED) is 0.684. The summed E-state index contributed by atoms with van der Waals surface area (Å²) in [5.41, 5.74) is 2.02. The molecule has 1 fully saturated rings. The number of nitrogens with zero attached hydrogens (tertiary/aromatic N) is 3. The summed E-state index contributed by atoms with van der Waals surface area (Å²) in [4.78, 5) is 4.05. The fourth-order valence-corrected chi connectivity index (χ4v) is 3.50. The molecule has 0 amide bonds. The van der Waals surface area contributed by atoms with Crippen LogP contribution in [0.4, 0.5) is 13.2 Å². The summed E-state index contributed by atoms with van der Waals surface area (Å²) in [6.07, 6.45) is -1.79. The van der Waals surface area contributed by atoms with Crippen molar-refractivity contribution in [3.63, 3.8) is 0 Å². The first-order chi connectivity index (χ1) is 11.9. The van der Waals surface area contributed by atoms with E-state index in [0.29, 0.717) is 5.65 Å². The molecule has 0 radical (unpaired) electrons. The highest BCUT2D eigenvalue weighted by Crippen LogP contribution is 2.57. The molecule has 25 heavy (non-hydrogen) atoms. The van der Waals surface area contributed by atoms with Crippen LogP contribution in [-0.2, 0) is 0 Å². The average molecular weight is 368 g/mol. The summed E-state index contributed by atoms with van der Waals surface area (Å²) >= 11 is 5.98. The average Bonchev–Trinajstić information content (AvgIpc) is 3.17. The molecule has 5 rings (SSSR count). The number of benzene rings is 1. The summed E-state index contributed by atoms with van der Waals surface area (Å²) in [6, 6.07) is 6.40. The van der Waals surface area contributed by atoms with E-state index in [9.17, 15) is 13.2 Å². The van der Waals surface area contributed by atoms with E-state index < -0.39 is 12.2 Å². The molecule has 3 aromatic rings. The fraction of sp³-hybridized carbons (Fsp3) is 0.250. The number of hydrogen-bond donors (Lipinski definition) is 0. The molecule has 128 valence electrons. The van der Waals surface area contributed by atoms with Gasteiger partial charge in [0.05, 0.1) is 6.20 Å². The second kappa shape index (κ2) is 4.78. The number of alkyl halides is 2. The maximum absolute atomic E-state index is 13.7. The van der Waals surface area contributed by atoms with Crippen molar-refractivity contribution in [3.8, 4) is 11.5 Å². The highest BCUT2D eigenvalue weighted by atomic mass is 35.5. The third-order valence-electron chi connectivity index (χ3n) is 4.47. The van der Waals surface area contributed by atoms with E-state index in [1.807, 2.05) is 0 Å². The number of ether oxygens (including phenoxy) is 2. The Bertz CT molecular complexity index is 1020. The van der Waals surface area contributed by atoms with Gasteiger partial charge in [0.1, 0.15) is 0 Å². The van der Waals surface area contributed by atoms with E-state index in [0.717, 1.165) is 28.3 Å². The van der Waals surface area contributed by atoms with Gasteiger partial charge in [-0.2, -0.15) is 14.0 Å². The van der Waals surface area contributed by atoms with Crippen molar-refractivity contribution in [2.45, 2.75) is 24.6 Å². The Morgan fingerprint density at radius 1 is 1.16 bits per heavy atom. The minimum atomic E-state index is -3.64. The van der Waals surface area contributed by atoms with Crippen LogP contribution in [0.15, 0.2) is 30.5 Å². The second-order valence-electron chi connectivity index (χ2n) is 6.06. The lowest BCUT2D eigenvalue weighted by atomic mass is 10.1. The molecule has 1 aliphatic carbocycles. The van der Waals surface area contributed by atoms with Crippen molar-refractivity contribution in [3.05, 3.63) is 52.7 Å². The third-order valence-corrected chi connectivity index (χ3v) is 4.65. The lowest BCUT2D eigenvalue weighted by molar-refractivity contribution is -0.286. The van der Waals surface area contributed by atoms with Crippen LogP contribution < -0.4 is 9.47 Å². The zero-order valence-electron chi connectivity index (χ0n) is 12.4. The van der Waals surface area contributed by atoms with E-state index in [1.54, 1.807) is 18.2 Å². The molecule has 1 aliphatic heterocycles. The molecule has 9 heteroatoms. The van der Waals surface area contributed by atoms with Gasteiger partial charge < -0.3 is 9.47 Å². The summed E-state index contributed by atoms with van der Waals surface area (Å²) in [7, 11) is 0. The first kappa shape index (κ1) is 14.8. The van der Waals surface area contributed by atoms with Crippen LogP contribution in [0.1, 0.15) is 29.4 Å². The number of hydrogen-bond acceptors (Lipinski definition) is 4. The largest absolute Gasteiger partial charge is 0.586 e. The third kappa shape index (κ3) is 2.31. The lowest BCUT2D eigenvalue weighted by Gasteiger charge is -2.05. The van der Waals surface area contributed by atoms with Crippen LogP contribution in [0.3, 0.4) is 0 Å². The zero-order valence-corrected chi connectivity index (χ0v) is 13.2. The molecular weight excluding hydrogens is 359 g/mol. The lowest BCUT2D eigenvalue weighted by Crippen LogP contribution is -2.25. The highest BCUT2D eigenvalue weighted by molar-refractivity contribution is 6.29. The predicted octanol–water partition coefficient (Wildman–Crippen LogP) is 4.11. The van der Waals surface area contributed by atoms with Gasteiger partial charge in [-0.25, -0.2) is 4.98 Å². The molecule has 0 bridgehead atoms. The number of halogens is 4. The minimum Gasteiger partial charge on any atom is -0.395 e. The summed E-state index contributed by atoms with van der Waals surface area (Å²) in [5, 5.41) is 4.05. The number of rotatable bonds is 2. The van der Waals surface area contributed by atoms with Crippen LogP contribution in [0.5, 0.6) is 11.5 Å². The Labute approximate surface area is 143 Å². The number of imidazole rings is 1. The van der Waals surface area contributed by atoms with Crippen LogP contribution in [-0.4, -0.2) is 20.9 Å². The standard InChI is InChI=1S/C16H9ClF3N3O2/c17-13-5-10(15-21-6-14(18)23(15)22-13)9-4-8(9)7-1-2-11-12(3-7)25-16(19,20)24-11/h1-3,5-6,8-9H,4H2/t8-,9+/m1/s1. The van der Waals surface area contributed by atoms with E-state index in [2.05, 4.69) is 19.6 Å². The normalized spacial score (nSPS) is 23.2. The van der Waals surface area contributed by atoms with Crippen molar-refractivity contribution >= 4 is 17.2 Å². The second-order valence-corrected chi connectivity index (χ2v) is 6.45. The Hall–Kier alpha value is -2.48. The van der Waals surface area contributed by atoms with E-state index >= 15 is 0 Å². The van der Waals surface area contributed by atoms with Crippen LogP contribution >= 0.6 is 11.6 Å². The fourth-order valence-electron chi connectivity index (χ4n) is 3.31. The molecule has 5 nitrogen and oxygen atoms in total. The van der Waals surface area contributed by atoms with Gasteiger partial charge in [-0.05, 0) is 42.0 Å². The van der Waals surface area contributed by atoms with Gasteiger partial charge in [-0.3, -0.25) is 0 Å². The molecule has 1 saturated carbocycles. The van der Waals surface area contributed by atoms with E-state index in [4.69, 9.17) is 11.6 Å². The van der Waals surface area contributed by atoms with Gasteiger partial charge in [0, 0.05) is 5.56 Å². The van der Waals surface area contributed by atoms with Crippen LogP contribution in [0.2, 0.25) is 5.15 Å². The number of aromatic nitrogens is 3. The monoisotopic (exact) mass is 367 g/mol. The molecule has 1 aromatic carbocycles. The molecule has 0 unspecified atom stereocenters. The topological polar surface area (TPSA) is 48.7 Å². The maximum Gasteiger partial charge on any atom is 0.586 e. The first-order valence-electron chi connectivity index (χ1n) is 7.51. The van der Waals surface area contributed by atoms with E-state index in [1.165, 1.54) is 6.07 Å². The smallest absolute Gasteiger partial charge is 0.395 e. The van der Waals surface area contributed by atoms with Gasteiger partial charge in [0.2, 0.25) is 5.95 Å². The van der Waals surface area contributed by atoms with Gasteiger partial charge in [0.15, 0.2) is 22.3 Å². The summed E-state index contributed by atoms with van der Waals surface area (Å²) < 4.78 is 49.9.